The molecule has 9 heteroatoms. The molecular weight excluding hydrogens is 483 g/mol. The van der Waals surface area contributed by atoms with Crippen LogP contribution in [0.4, 0.5) is 4.39 Å². The third kappa shape index (κ3) is 7.05. The Balaban J connectivity index is 1.86. The van der Waals surface area contributed by atoms with Crippen molar-refractivity contribution in [3.8, 4) is 11.5 Å². The second-order valence-corrected chi connectivity index (χ2v) is 9.19. The number of aryl methyl sites for hydroxylation is 1. The minimum atomic E-state index is -0.353. The molecule has 1 aromatic heterocycles. The molecule has 0 saturated heterocycles. The van der Waals surface area contributed by atoms with E-state index in [0.29, 0.717) is 23.6 Å². The summed E-state index contributed by atoms with van der Waals surface area (Å²) < 4.78 is 29.3. The maximum atomic E-state index is 13.6. The molecule has 7 nitrogen and oxygen atoms in total. The van der Waals surface area contributed by atoms with Crippen LogP contribution in [0.1, 0.15) is 26.4 Å². The number of hydrogen-bond acceptors (Lipinski definition) is 6. The second kappa shape index (κ2) is 13.0. The van der Waals surface area contributed by atoms with Gasteiger partial charge in [0.25, 0.3) is 5.91 Å². The zero-order chi connectivity index (χ0) is 26.1. The van der Waals surface area contributed by atoms with Gasteiger partial charge in [0.1, 0.15) is 23.9 Å². The molecule has 0 spiro atoms. The van der Waals surface area contributed by atoms with Gasteiger partial charge in [-0.25, -0.2) is 4.39 Å². The van der Waals surface area contributed by atoms with Gasteiger partial charge in [0.2, 0.25) is 5.91 Å². The number of nitrogens with zero attached hydrogens (tertiary/aromatic N) is 2. The molecule has 3 aromatic rings. The fourth-order valence-electron chi connectivity index (χ4n) is 3.64. The standard InChI is InChI=1S/C27H31FN2O5S/c1-19-11-14-36-25(19)17-30(16-20-5-7-21(28)8-6-20)26(31)18-29(12-13-33-2)27(32)23-10-9-22(34-3)15-24(23)35-4/h5-11,14-15H,12-13,16-18H2,1-4H3. The van der Waals surface area contributed by atoms with Crippen molar-refractivity contribution in [1.82, 2.24) is 9.80 Å². The fourth-order valence-corrected chi connectivity index (χ4v) is 4.57. The molecule has 0 aliphatic rings. The van der Waals surface area contributed by atoms with Crippen LogP contribution in [0.15, 0.2) is 53.9 Å². The van der Waals surface area contributed by atoms with Crippen molar-refractivity contribution in [3.63, 3.8) is 0 Å². The van der Waals surface area contributed by atoms with Crippen LogP contribution in [0.5, 0.6) is 11.5 Å². The fraction of sp³-hybridized carbons (Fsp3) is 0.333. The lowest BCUT2D eigenvalue weighted by Gasteiger charge is -2.28. The third-order valence-electron chi connectivity index (χ3n) is 5.76. The van der Waals surface area contributed by atoms with E-state index in [0.717, 1.165) is 16.0 Å². The largest absolute Gasteiger partial charge is 0.497 e. The SMILES string of the molecule is COCCN(CC(=O)N(Cc1ccc(F)cc1)Cc1sccc1C)C(=O)c1ccc(OC)cc1OC. The Bertz CT molecular complexity index is 1170. The van der Waals surface area contributed by atoms with Crippen LogP contribution in [-0.2, 0) is 22.6 Å². The Hall–Kier alpha value is -3.43. The number of methoxy groups -OCH3 is 3. The van der Waals surface area contributed by atoms with Gasteiger partial charge in [-0.05, 0) is 53.8 Å². The van der Waals surface area contributed by atoms with Gasteiger partial charge in [0.15, 0.2) is 0 Å². The first-order valence-electron chi connectivity index (χ1n) is 11.4. The topological polar surface area (TPSA) is 68.3 Å². The van der Waals surface area contributed by atoms with Crippen molar-refractivity contribution in [2.75, 3.05) is 41.0 Å². The maximum absolute atomic E-state index is 13.6. The zero-order valence-electron chi connectivity index (χ0n) is 21.0. The van der Waals surface area contributed by atoms with Crippen LogP contribution in [0.3, 0.4) is 0 Å². The Morgan fingerprint density at radius 2 is 1.69 bits per heavy atom. The number of benzene rings is 2. The van der Waals surface area contributed by atoms with Crippen LogP contribution in [0.2, 0.25) is 0 Å². The van der Waals surface area contributed by atoms with E-state index in [-0.39, 0.29) is 43.9 Å². The summed E-state index contributed by atoms with van der Waals surface area (Å²) in [6, 6.07) is 13.0. The summed E-state index contributed by atoms with van der Waals surface area (Å²) in [4.78, 5) is 31.3. The molecule has 0 saturated carbocycles. The Labute approximate surface area is 215 Å². The summed E-state index contributed by atoms with van der Waals surface area (Å²) in [5.74, 6) is -0.0141. The minimum absolute atomic E-state index is 0.150. The highest BCUT2D eigenvalue weighted by Crippen LogP contribution is 2.26. The molecule has 1 heterocycles. The number of ether oxygens (including phenoxy) is 3. The van der Waals surface area contributed by atoms with Gasteiger partial charge in [-0.15, -0.1) is 11.3 Å². The lowest BCUT2D eigenvalue weighted by Crippen LogP contribution is -2.43. The third-order valence-corrected chi connectivity index (χ3v) is 6.77. The molecule has 0 unspecified atom stereocenters. The molecular formula is C27H31FN2O5S. The molecule has 0 N–H and O–H groups in total. The van der Waals surface area contributed by atoms with Crippen LogP contribution in [0.25, 0.3) is 0 Å². The van der Waals surface area contributed by atoms with E-state index in [1.54, 1.807) is 53.7 Å². The summed E-state index contributed by atoms with van der Waals surface area (Å²) in [5.41, 5.74) is 2.21. The first kappa shape index (κ1) is 27.2. The number of carbonyl (C=O) groups is 2. The van der Waals surface area contributed by atoms with Crippen LogP contribution < -0.4 is 9.47 Å². The quantitative estimate of drug-likeness (QED) is 0.355. The normalized spacial score (nSPS) is 10.7. The summed E-state index contributed by atoms with van der Waals surface area (Å²) in [6.07, 6.45) is 0. The maximum Gasteiger partial charge on any atom is 0.258 e. The zero-order valence-corrected chi connectivity index (χ0v) is 21.8. The Morgan fingerprint density at radius 3 is 2.31 bits per heavy atom. The molecule has 2 amide bonds. The van der Waals surface area contributed by atoms with E-state index in [1.807, 2.05) is 18.4 Å². The van der Waals surface area contributed by atoms with Gasteiger partial charge in [-0.1, -0.05) is 12.1 Å². The van der Waals surface area contributed by atoms with Crippen molar-refractivity contribution < 1.29 is 28.2 Å². The summed E-state index contributed by atoms with van der Waals surface area (Å²) in [6.45, 7) is 3.00. The number of carbonyl (C=O) groups excluding carboxylic acids is 2. The van der Waals surface area contributed by atoms with E-state index < -0.39 is 0 Å². The number of hydrogen-bond donors (Lipinski definition) is 0. The molecule has 0 fully saturated rings. The predicted octanol–water partition coefficient (Wildman–Crippen LogP) is 4.53. The van der Waals surface area contributed by atoms with Crippen molar-refractivity contribution in [2.24, 2.45) is 0 Å². The van der Waals surface area contributed by atoms with Gasteiger partial charge in [0, 0.05) is 31.1 Å². The Kier molecular flexibility index (Phi) is 9.84. The monoisotopic (exact) mass is 514 g/mol. The van der Waals surface area contributed by atoms with Crippen LogP contribution in [-0.4, -0.2) is 62.6 Å². The summed E-state index contributed by atoms with van der Waals surface area (Å²) in [7, 11) is 4.55. The first-order chi connectivity index (χ1) is 17.4. The Morgan fingerprint density at radius 1 is 0.944 bits per heavy atom. The van der Waals surface area contributed by atoms with Crippen molar-refractivity contribution in [3.05, 3.63) is 81.3 Å². The first-order valence-corrected chi connectivity index (χ1v) is 12.3. The second-order valence-electron chi connectivity index (χ2n) is 8.19. The van der Waals surface area contributed by atoms with Gasteiger partial charge in [0.05, 0.1) is 32.9 Å². The molecule has 0 atom stereocenters. The minimum Gasteiger partial charge on any atom is -0.497 e. The molecule has 2 aromatic carbocycles. The molecule has 0 aliphatic heterocycles. The molecule has 36 heavy (non-hydrogen) atoms. The highest BCUT2D eigenvalue weighted by molar-refractivity contribution is 7.10. The number of rotatable bonds is 12. The number of thiophene rings is 1. The van der Waals surface area contributed by atoms with Crippen molar-refractivity contribution in [2.45, 2.75) is 20.0 Å². The predicted molar refractivity (Wildman–Crippen MR) is 137 cm³/mol. The van der Waals surface area contributed by atoms with E-state index in [2.05, 4.69) is 0 Å². The lowest BCUT2D eigenvalue weighted by molar-refractivity contribution is -0.133. The molecule has 0 bridgehead atoms. The van der Waals surface area contributed by atoms with Gasteiger partial charge >= 0.3 is 0 Å². The van der Waals surface area contributed by atoms with Gasteiger partial charge in [-0.2, -0.15) is 0 Å². The van der Waals surface area contributed by atoms with Crippen molar-refractivity contribution >= 4 is 23.2 Å². The van der Waals surface area contributed by atoms with Gasteiger partial charge < -0.3 is 24.0 Å². The number of halogens is 1. The average molecular weight is 515 g/mol. The highest BCUT2D eigenvalue weighted by Gasteiger charge is 2.25. The highest BCUT2D eigenvalue weighted by atomic mass is 32.1. The number of amides is 2. The molecule has 3 rings (SSSR count). The molecule has 192 valence electrons. The van der Waals surface area contributed by atoms with E-state index >= 15 is 0 Å². The smallest absolute Gasteiger partial charge is 0.258 e. The van der Waals surface area contributed by atoms with Crippen LogP contribution >= 0.6 is 11.3 Å². The van der Waals surface area contributed by atoms with Crippen molar-refractivity contribution in [1.29, 1.82) is 0 Å². The lowest BCUT2D eigenvalue weighted by atomic mass is 10.1. The van der Waals surface area contributed by atoms with Gasteiger partial charge in [-0.3, -0.25) is 9.59 Å². The van der Waals surface area contributed by atoms with Crippen LogP contribution in [0, 0.1) is 12.7 Å². The van der Waals surface area contributed by atoms with E-state index in [1.165, 1.54) is 31.3 Å². The summed E-state index contributed by atoms with van der Waals surface area (Å²) in [5, 5.41) is 1.98. The molecule has 0 aliphatic carbocycles. The average Bonchev–Trinajstić information content (AvgIpc) is 3.30. The summed E-state index contributed by atoms with van der Waals surface area (Å²) >= 11 is 1.57. The van der Waals surface area contributed by atoms with E-state index in [4.69, 9.17) is 14.2 Å². The molecule has 0 radical (unpaired) electrons. The van der Waals surface area contributed by atoms with E-state index in [9.17, 15) is 14.0 Å².